The predicted molar refractivity (Wildman–Crippen MR) is 85.9 cm³/mol. The van der Waals surface area contributed by atoms with Gasteiger partial charge in [-0.1, -0.05) is 17.7 Å². The number of hydrogen-bond donors (Lipinski definition) is 1. The number of aliphatic hydroxyl groups excluding tert-OH is 1. The van der Waals surface area contributed by atoms with Gasteiger partial charge in [-0.25, -0.2) is 4.68 Å². The van der Waals surface area contributed by atoms with Gasteiger partial charge in [0.1, 0.15) is 0 Å². The summed E-state index contributed by atoms with van der Waals surface area (Å²) in [5.41, 5.74) is 1.15. The summed E-state index contributed by atoms with van der Waals surface area (Å²) >= 11 is 5.98. The number of morpholine rings is 1. The van der Waals surface area contributed by atoms with E-state index in [1.165, 1.54) is 0 Å². The van der Waals surface area contributed by atoms with Gasteiger partial charge in [-0.15, -0.1) is 0 Å². The number of benzene rings is 1. The highest BCUT2D eigenvalue weighted by Gasteiger charge is 2.30. The molecule has 1 saturated heterocycles. The van der Waals surface area contributed by atoms with Crippen LogP contribution in [0.15, 0.2) is 36.5 Å². The summed E-state index contributed by atoms with van der Waals surface area (Å²) < 4.78 is 7.08. The van der Waals surface area contributed by atoms with Crippen LogP contribution in [0.2, 0.25) is 5.02 Å². The molecule has 1 aliphatic heterocycles. The van der Waals surface area contributed by atoms with Crippen molar-refractivity contribution in [2.24, 2.45) is 0 Å². The maximum Gasteiger partial charge on any atom is 0.274 e. The molecule has 1 aromatic heterocycles. The number of halogens is 1. The van der Waals surface area contributed by atoms with Crippen LogP contribution in [-0.4, -0.2) is 57.6 Å². The fourth-order valence-corrected chi connectivity index (χ4v) is 2.74. The number of carbonyl (C=O) groups excluding carboxylic acids is 1. The molecule has 122 valence electrons. The van der Waals surface area contributed by atoms with E-state index in [0.717, 1.165) is 5.69 Å². The van der Waals surface area contributed by atoms with Crippen LogP contribution in [0.5, 0.6) is 0 Å². The summed E-state index contributed by atoms with van der Waals surface area (Å²) in [5, 5.41) is 14.2. The third kappa shape index (κ3) is 3.39. The zero-order chi connectivity index (χ0) is 16.4. The molecule has 0 saturated carbocycles. The maximum absolute atomic E-state index is 12.7. The molecule has 1 amide bonds. The maximum atomic E-state index is 12.7. The zero-order valence-corrected chi connectivity index (χ0v) is 13.5. The van der Waals surface area contributed by atoms with Crippen molar-refractivity contribution in [2.75, 3.05) is 19.8 Å². The van der Waals surface area contributed by atoms with Gasteiger partial charge in [-0.05, 0) is 31.2 Å². The van der Waals surface area contributed by atoms with Crippen molar-refractivity contribution >= 4 is 17.5 Å². The molecule has 2 unspecified atom stereocenters. The first-order chi connectivity index (χ1) is 11.1. The van der Waals surface area contributed by atoms with E-state index in [2.05, 4.69) is 5.10 Å². The van der Waals surface area contributed by atoms with Crippen LogP contribution in [0.1, 0.15) is 17.4 Å². The fourth-order valence-electron chi connectivity index (χ4n) is 2.56. The summed E-state index contributed by atoms with van der Waals surface area (Å²) in [6.07, 6.45) is 1.39. The number of carbonyl (C=O) groups is 1. The van der Waals surface area contributed by atoms with Crippen molar-refractivity contribution in [3.05, 3.63) is 47.2 Å². The average Bonchev–Trinajstić information content (AvgIpc) is 3.05. The van der Waals surface area contributed by atoms with Gasteiger partial charge in [0, 0.05) is 17.8 Å². The predicted octanol–water partition coefficient (Wildman–Crippen LogP) is 1.75. The minimum Gasteiger partial charge on any atom is -0.394 e. The molecule has 1 aromatic carbocycles. The highest BCUT2D eigenvalue weighted by Crippen LogP contribution is 2.17. The Hall–Kier alpha value is -1.89. The van der Waals surface area contributed by atoms with Gasteiger partial charge in [-0.3, -0.25) is 4.79 Å². The molecule has 1 N–H and O–H groups in total. The molecule has 2 atom stereocenters. The van der Waals surface area contributed by atoms with E-state index in [0.29, 0.717) is 23.9 Å². The molecule has 6 nitrogen and oxygen atoms in total. The second kappa shape index (κ2) is 6.70. The van der Waals surface area contributed by atoms with E-state index in [1.54, 1.807) is 34.0 Å². The van der Waals surface area contributed by atoms with Crippen LogP contribution in [0.3, 0.4) is 0 Å². The van der Waals surface area contributed by atoms with Crippen molar-refractivity contribution in [2.45, 2.75) is 19.1 Å². The summed E-state index contributed by atoms with van der Waals surface area (Å²) in [6.45, 7) is 2.58. The van der Waals surface area contributed by atoms with Gasteiger partial charge >= 0.3 is 0 Å². The lowest BCUT2D eigenvalue weighted by Gasteiger charge is -2.37. The minimum atomic E-state index is -0.342. The molecule has 23 heavy (non-hydrogen) atoms. The van der Waals surface area contributed by atoms with Crippen LogP contribution in [0.25, 0.3) is 5.69 Å². The number of ether oxygens (including phenoxy) is 1. The smallest absolute Gasteiger partial charge is 0.274 e. The highest BCUT2D eigenvalue weighted by atomic mass is 35.5. The van der Waals surface area contributed by atoms with Crippen LogP contribution in [-0.2, 0) is 4.74 Å². The lowest BCUT2D eigenvalue weighted by atomic mass is 10.2. The Balaban J connectivity index is 1.80. The first kappa shape index (κ1) is 16.0. The van der Waals surface area contributed by atoms with E-state index in [9.17, 15) is 9.90 Å². The first-order valence-electron chi connectivity index (χ1n) is 7.43. The highest BCUT2D eigenvalue weighted by molar-refractivity contribution is 6.30. The van der Waals surface area contributed by atoms with Gasteiger partial charge in [0.05, 0.1) is 31.0 Å². The first-order valence-corrected chi connectivity index (χ1v) is 7.81. The molecule has 2 heterocycles. The van der Waals surface area contributed by atoms with Crippen LogP contribution < -0.4 is 0 Å². The summed E-state index contributed by atoms with van der Waals surface area (Å²) in [5.74, 6) is -0.167. The van der Waals surface area contributed by atoms with Gasteiger partial charge in [0.2, 0.25) is 0 Å². The number of amides is 1. The third-order valence-electron chi connectivity index (χ3n) is 3.85. The lowest BCUT2D eigenvalue weighted by molar-refractivity contribution is -0.0668. The molecule has 2 aromatic rings. The Morgan fingerprint density at radius 1 is 1.48 bits per heavy atom. The number of aliphatic hydroxyl groups is 1. The van der Waals surface area contributed by atoms with Gasteiger partial charge in [0.15, 0.2) is 5.69 Å². The molecule has 0 spiro atoms. The molecule has 0 radical (unpaired) electrons. The van der Waals surface area contributed by atoms with Gasteiger partial charge in [0.25, 0.3) is 5.91 Å². The topological polar surface area (TPSA) is 67.6 Å². The molecule has 3 rings (SSSR count). The van der Waals surface area contributed by atoms with Crippen LogP contribution in [0, 0.1) is 0 Å². The summed E-state index contributed by atoms with van der Waals surface area (Å²) in [4.78, 5) is 14.4. The van der Waals surface area contributed by atoms with Crippen LogP contribution in [0.4, 0.5) is 0 Å². The van der Waals surface area contributed by atoms with Crippen molar-refractivity contribution < 1.29 is 14.6 Å². The van der Waals surface area contributed by atoms with Crippen molar-refractivity contribution in [1.82, 2.24) is 14.7 Å². The Bertz CT molecular complexity index is 703. The van der Waals surface area contributed by atoms with Gasteiger partial charge in [-0.2, -0.15) is 5.10 Å². The van der Waals surface area contributed by atoms with Gasteiger partial charge < -0.3 is 14.7 Å². The Kier molecular flexibility index (Phi) is 4.66. The second-order valence-corrected chi connectivity index (χ2v) is 6.01. The second-order valence-electron chi connectivity index (χ2n) is 5.57. The zero-order valence-electron chi connectivity index (χ0n) is 12.7. The normalized spacial score (nSPS) is 21.4. The number of aromatic nitrogens is 2. The SMILES string of the molecule is CC1COC(CO)CN1C(=O)c1ccn(-c2cccc(Cl)c2)n1. The largest absolute Gasteiger partial charge is 0.394 e. The minimum absolute atomic E-state index is 0.0541. The third-order valence-corrected chi connectivity index (χ3v) is 4.09. The summed E-state index contributed by atoms with van der Waals surface area (Å²) in [6, 6.07) is 8.89. The van der Waals surface area contributed by atoms with E-state index >= 15 is 0 Å². The summed E-state index contributed by atoms with van der Waals surface area (Å²) in [7, 11) is 0. The molecule has 0 aliphatic carbocycles. The van der Waals surface area contributed by atoms with E-state index in [-0.39, 0.29) is 24.7 Å². The van der Waals surface area contributed by atoms with E-state index in [1.807, 2.05) is 19.1 Å². The number of nitrogens with zero attached hydrogens (tertiary/aromatic N) is 3. The van der Waals surface area contributed by atoms with Crippen molar-refractivity contribution in [3.8, 4) is 5.69 Å². The molecule has 7 heteroatoms. The fraction of sp³-hybridized carbons (Fsp3) is 0.375. The molecule has 1 fully saturated rings. The van der Waals surface area contributed by atoms with Crippen molar-refractivity contribution in [3.63, 3.8) is 0 Å². The standard InChI is InChI=1S/C16H18ClN3O3/c1-11-10-23-14(9-21)8-19(11)16(22)15-5-6-20(18-15)13-4-2-3-12(17)7-13/h2-7,11,14,21H,8-10H2,1H3. The lowest BCUT2D eigenvalue weighted by Crippen LogP contribution is -2.52. The van der Waals surface area contributed by atoms with E-state index in [4.69, 9.17) is 16.3 Å². The number of rotatable bonds is 3. The Morgan fingerprint density at radius 2 is 2.30 bits per heavy atom. The number of hydrogen-bond acceptors (Lipinski definition) is 4. The molecule has 0 bridgehead atoms. The van der Waals surface area contributed by atoms with E-state index < -0.39 is 0 Å². The molecular formula is C16H18ClN3O3. The monoisotopic (exact) mass is 335 g/mol. The average molecular weight is 336 g/mol. The Morgan fingerprint density at radius 3 is 3.04 bits per heavy atom. The Labute approximate surface area is 139 Å². The van der Waals surface area contributed by atoms with Crippen LogP contribution >= 0.6 is 11.6 Å². The quantitative estimate of drug-likeness (QED) is 0.928. The molecular weight excluding hydrogens is 318 g/mol. The molecule has 1 aliphatic rings. The van der Waals surface area contributed by atoms with Crippen molar-refractivity contribution in [1.29, 1.82) is 0 Å².